The molecule has 10 nitrogen and oxygen atoms in total. The second kappa shape index (κ2) is 9.95. The van der Waals surface area contributed by atoms with Crippen LogP contribution in [0.3, 0.4) is 0 Å². The van der Waals surface area contributed by atoms with Gasteiger partial charge in [-0.3, -0.25) is 9.47 Å². The monoisotopic (exact) mass is 513 g/mol. The molecule has 0 bridgehead atoms. The summed E-state index contributed by atoms with van der Waals surface area (Å²) < 4.78 is 14.2. The Balaban J connectivity index is 1.40. The maximum atomic E-state index is 12.5. The van der Waals surface area contributed by atoms with Gasteiger partial charge in [0.15, 0.2) is 5.82 Å². The number of rotatable bonds is 4. The van der Waals surface area contributed by atoms with Crippen molar-refractivity contribution in [1.29, 1.82) is 0 Å². The summed E-state index contributed by atoms with van der Waals surface area (Å²) in [6.07, 6.45) is 1.80. The molecule has 1 amide bonds. The molecular formula is C25H35N7O3S. The molecule has 0 N–H and O–H groups in total. The second-order valence-corrected chi connectivity index (χ2v) is 11.3. The van der Waals surface area contributed by atoms with Crippen LogP contribution in [-0.4, -0.2) is 93.5 Å². The van der Waals surface area contributed by atoms with E-state index in [1.807, 2.05) is 40.8 Å². The lowest BCUT2D eigenvalue weighted by molar-refractivity contribution is 0.0139. The van der Waals surface area contributed by atoms with Crippen molar-refractivity contribution in [3.8, 4) is 5.82 Å². The van der Waals surface area contributed by atoms with E-state index in [-0.39, 0.29) is 6.09 Å². The van der Waals surface area contributed by atoms with Gasteiger partial charge in [0.05, 0.1) is 29.1 Å². The Bertz CT molecular complexity index is 1230. The molecular weight excluding hydrogens is 478 g/mol. The van der Waals surface area contributed by atoms with Crippen molar-refractivity contribution in [1.82, 2.24) is 29.3 Å². The van der Waals surface area contributed by atoms with Gasteiger partial charge in [0.2, 0.25) is 5.95 Å². The van der Waals surface area contributed by atoms with Crippen LogP contribution in [0.4, 0.5) is 10.7 Å². The molecule has 194 valence electrons. The van der Waals surface area contributed by atoms with Crippen molar-refractivity contribution in [2.45, 2.75) is 46.8 Å². The predicted octanol–water partition coefficient (Wildman–Crippen LogP) is 3.38. The molecule has 0 aliphatic carbocycles. The largest absolute Gasteiger partial charge is 0.444 e. The highest BCUT2D eigenvalue weighted by molar-refractivity contribution is 7.17. The number of ether oxygens (including phenoxy) is 2. The summed E-state index contributed by atoms with van der Waals surface area (Å²) in [5, 5.41) is 2.20. The standard InChI is InChI=1S/C25H35N7O3S/c1-17-14-32(18(2)26-17)22-21-20(27-23(28-22)30-10-12-34-13-11-30)19(16-36-21)15-29-6-8-31(9-7-29)24(33)35-25(3,4)5/h14,16H,6-13,15H2,1-5H3. The topological polar surface area (TPSA) is 88.9 Å². The van der Waals surface area contributed by atoms with Crippen LogP contribution in [-0.2, 0) is 16.0 Å². The van der Waals surface area contributed by atoms with Gasteiger partial charge in [-0.05, 0) is 40.0 Å². The molecule has 0 atom stereocenters. The van der Waals surface area contributed by atoms with Gasteiger partial charge in [-0.1, -0.05) is 0 Å². The lowest BCUT2D eigenvalue weighted by atomic mass is 10.2. The van der Waals surface area contributed by atoms with Crippen LogP contribution in [0.2, 0.25) is 0 Å². The zero-order chi connectivity index (χ0) is 25.4. The lowest BCUT2D eigenvalue weighted by Gasteiger charge is -2.35. The predicted molar refractivity (Wildman–Crippen MR) is 140 cm³/mol. The molecule has 2 saturated heterocycles. The number of anilines is 1. The smallest absolute Gasteiger partial charge is 0.410 e. The SMILES string of the molecule is Cc1cn(-c2nc(N3CCOCC3)nc3c(CN4CCN(C(=O)OC(C)(C)C)CC4)csc23)c(C)n1. The van der Waals surface area contributed by atoms with Crippen LogP contribution in [0.25, 0.3) is 16.0 Å². The fourth-order valence-electron chi connectivity index (χ4n) is 4.61. The first-order chi connectivity index (χ1) is 17.2. The van der Waals surface area contributed by atoms with E-state index < -0.39 is 5.60 Å². The van der Waals surface area contributed by atoms with E-state index in [1.165, 1.54) is 5.56 Å². The summed E-state index contributed by atoms with van der Waals surface area (Å²) in [5.41, 5.74) is 2.66. The lowest BCUT2D eigenvalue weighted by Crippen LogP contribution is -2.49. The molecule has 2 aliphatic rings. The Hall–Kier alpha value is -2.76. The number of fused-ring (bicyclic) bond motifs is 1. The molecule has 36 heavy (non-hydrogen) atoms. The number of aryl methyl sites for hydroxylation is 2. The molecule has 0 aromatic carbocycles. The average molecular weight is 514 g/mol. The maximum absolute atomic E-state index is 12.5. The summed E-state index contributed by atoms with van der Waals surface area (Å²) in [5.74, 6) is 2.53. The molecule has 2 fully saturated rings. The van der Waals surface area contributed by atoms with Crippen LogP contribution < -0.4 is 4.90 Å². The highest BCUT2D eigenvalue weighted by Gasteiger charge is 2.27. The number of thiophene rings is 1. The number of aromatic nitrogens is 4. The van der Waals surface area contributed by atoms with E-state index in [0.29, 0.717) is 26.3 Å². The second-order valence-electron chi connectivity index (χ2n) is 10.4. The summed E-state index contributed by atoms with van der Waals surface area (Å²) in [6.45, 7) is 16.3. The molecule has 0 radical (unpaired) electrons. The Morgan fingerprint density at radius 1 is 1.06 bits per heavy atom. The number of nitrogens with zero attached hydrogens (tertiary/aromatic N) is 7. The van der Waals surface area contributed by atoms with Crippen LogP contribution in [0, 0.1) is 13.8 Å². The number of hydrogen-bond acceptors (Lipinski definition) is 9. The third-order valence-corrected chi connectivity index (χ3v) is 7.42. The van der Waals surface area contributed by atoms with Gasteiger partial charge in [-0.25, -0.2) is 14.8 Å². The first kappa shape index (κ1) is 24.9. The fraction of sp³-hybridized carbons (Fsp3) is 0.600. The number of piperazine rings is 1. The zero-order valence-electron chi connectivity index (χ0n) is 21.8. The van der Waals surface area contributed by atoms with Crippen molar-refractivity contribution in [2.75, 3.05) is 57.4 Å². The Kier molecular flexibility index (Phi) is 6.88. The maximum Gasteiger partial charge on any atom is 0.410 e. The van der Waals surface area contributed by atoms with E-state index in [9.17, 15) is 4.79 Å². The van der Waals surface area contributed by atoms with Crippen LogP contribution in [0.5, 0.6) is 0 Å². The van der Waals surface area contributed by atoms with Gasteiger partial charge < -0.3 is 19.3 Å². The number of amides is 1. The van der Waals surface area contributed by atoms with Gasteiger partial charge in [0.25, 0.3) is 0 Å². The molecule has 0 unspecified atom stereocenters. The first-order valence-electron chi connectivity index (χ1n) is 12.5. The minimum absolute atomic E-state index is 0.235. The van der Waals surface area contributed by atoms with E-state index >= 15 is 0 Å². The molecule has 5 heterocycles. The highest BCUT2D eigenvalue weighted by Crippen LogP contribution is 2.33. The summed E-state index contributed by atoms with van der Waals surface area (Å²) in [7, 11) is 0. The van der Waals surface area contributed by atoms with Crippen molar-refractivity contribution in [2.24, 2.45) is 0 Å². The summed E-state index contributed by atoms with van der Waals surface area (Å²) in [6, 6.07) is 0. The molecule has 3 aromatic rings. The summed E-state index contributed by atoms with van der Waals surface area (Å²) >= 11 is 1.68. The first-order valence-corrected chi connectivity index (χ1v) is 13.4. The average Bonchev–Trinajstić information content (AvgIpc) is 3.40. The van der Waals surface area contributed by atoms with E-state index in [1.54, 1.807) is 16.2 Å². The number of carbonyl (C=O) groups excluding carboxylic acids is 1. The van der Waals surface area contributed by atoms with Gasteiger partial charge in [0.1, 0.15) is 11.4 Å². The van der Waals surface area contributed by atoms with Crippen LogP contribution in [0.15, 0.2) is 11.6 Å². The number of carbonyl (C=O) groups is 1. The van der Waals surface area contributed by atoms with Crippen molar-refractivity contribution < 1.29 is 14.3 Å². The fourth-order valence-corrected chi connectivity index (χ4v) is 5.59. The highest BCUT2D eigenvalue weighted by atomic mass is 32.1. The molecule has 5 rings (SSSR count). The normalized spacial score (nSPS) is 17.7. The number of hydrogen-bond donors (Lipinski definition) is 0. The minimum atomic E-state index is -0.481. The molecule has 0 spiro atoms. The van der Waals surface area contributed by atoms with Crippen molar-refractivity contribution >= 4 is 33.6 Å². The van der Waals surface area contributed by atoms with E-state index in [0.717, 1.165) is 66.2 Å². The van der Waals surface area contributed by atoms with Gasteiger partial charge in [0, 0.05) is 57.6 Å². The number of morpholine rings is 1. The molecule has 2 aliphatic heterocycles. The molecule has 3 aromatic heterocycles. The van der Waals surface area contributed by atoms with Gasteiger partial charge in [-0.15, -0.1) is 11.3 Å². The quantitative estimate of drug-likeness (QED) is 0.525. The minimum Gasteiger partial charge on any atom is -0.444 e. The van der Waals surface area contributed by atoms with Crippen LogP contribution >= 0.6 is 11.3 Å². The van der Waals surface area contributed by atoms with Crippen molar-refractivity contribution in [3.63, 3.8) is 0 Å². The third kappa shape index (κ3) is 5.33. The summed E-state index contributed by atoms with van der Waals surface area (Å²) in [4.78, 5) is 33.5. The Morgan fingerprint density at radius 3 is 2.42 bits per heavy atom. The molecule has 0 saturated carbocycles. The molecule has 11 heteroatoms. The van der Waals surface area contributed by atoms with E-state index in [4.69, 9.17) is 19.4 Å². The van der Waals surface area contributed by atoms with E-state index in [2.05, 4.69) is 24.7 Å². The zero-order valence-corrected chi connectivity index (χ0v) is 22.6. The Labute approximate surface area is 215 Å². The van der Waals surface area contributed by atoms with Gasteiger partial charge in [-0.2, -0.15) is 4.98 Å². The van der Waals surface area contributed by atoms with Crippen molar-refractivity contribution in [3.05, 3.63) is 28.7 Å². The van der Waals surface area contributed by atoms with Gasteiger partial charge >= 0.3 is 6.09 Å². The van der Waals surface area contributed by atoms with Crippen LogP contribution in [0.1, 0.15) is 37.9 Å². The third-order valence-electron chi connectivity index (χ3n) is 6.40. The number of imidazole rings is 1. The Morgan fingerprint density at radius 2 is 1.78 bits per heavy atom.